The average Bonchev–Trinajstić information content (AvgIpc) is 2.80. The number of β-amino-alcohol motifs (C(OH)–C–C–N with tert-alkyl or cyclic N) is 1. The van der Waals surface area contributed by atoms with E-state index in [0.29, 0.717) is 25.8 Å². The molecule has 1 amide bonds. The van der Waals surface area contributed by atoms with E-state index in [1.54, 1.807) is 4.90 Å². The Morgan fingerprint density at radius 2 is 2.23 bits per heavy atom. The molecule has 0 saturated carbocycles. The van der Waals surface area contributed by atoms with E-state index in [9.17, 15) is 15.0 Å². The lowest BCUT2D eigenvalue weighted by Gasteiger charge is -2.41. The predicted molar refractivity (Wildman–Crippen MR) is 83.4 cm³/mol. The van der Waals surface area contributed by atoms with Crippen LogP contribution in [0.1, 0.15) is 44.0 Å². The maximum atomic E-state index is 12.2. The number of hydrogen-bond donors (Lipinski definition) is 2. The highest BCUT2D eigenvalue weighted by Crippen LogP contribution is 2.26. The topological polar surface area (TPSA) is 78.6 Å². The number of likely N-dealkylation sites (tertiary alicyclic amines) is 1. The van der Waals surface area contributed by atoms with Gasteiger partial charge in [-0.25, -0.2) is 0 Å². The molecule has 0 aliphatic carbocycles. The van der Waals surface area contributed by atoms with Crippen molar-refractivity contribution in [1.29, 1.82) is 0 Å². The van der Waals surface area contributed by atoms with Crippen LogP contribution in [0.3, 0.4) is 0 Å². The molecule has 0 aromatic carbocycles. The molecular weight excluding hydrogens is 282 g/mol. The van der Waals surface area contributed by atoms with Gasteiger partial charge in [0.15, 0.2) is 0 Å². The summed E-state index contributed by atoms with van der Waals surface area (Å²) < 4.78 is 1.92. The normalized spacial score (nSPS) is 25.5. The number of aliphatic hydroxyl groups excluding tert-OH is 1. The van der Waals surface area contributed by atoms with E-state index >= 15 is 0 Å². The Morgan fingerprint density at radius 1 is 1.50 bits per heavy atom. The molecule has 1 aromatic heterocycles. The van der Waals surface area contributed by atoms with Crippen LogP contribution in [0.5, 0.6) is 0 Å². The average molecular weight is 309 g/mol. The number of hydrogen-bond acceptors (Lipinski definition) is 4. The van der Waals surface area contributed by atoms with Gasteiger partial charge in [-0.1, -0.05) is 6.92 Å². The van der Waals surface area contributed by atoms with E-state index in [1.807, 2.05) is 31.5 Å². The molecule has 2 atom stereocenters. The molecule has 2 heterocycles. The van der Waals surface area contributed by atoms with E-state index in [4.69, 9.17) is 0 Å². The smallest absolute Gasteiger partial charge is 0.222 e. The summed E-state index contributed by atoms with van der Waals surface area (Å²) in [6.45, 7) is 7.28. The molecule has 1 saturated heterocycles. The van der Waals surface area contributed by atoms with Crippen molar-refractivity contribution in [2.45, 2.75) is 64.7 Å². The minimum absolute atomic E-state index is 0.0405. The van der Waals surface area contributed by atoms with Crippen molar-refractivity contribution in [1.82, 2.24) is 14.7 Å². The van der Waals surface area contributed by atoms with Gasteiger partial charge in [-0.15, -0.1) is 0 Å². The van der Waals surface area contributed by atoms with Crippen molar-refractivity contribution in [3.8, 4) is 0 Å². The third-order valence-corrected chi connectivity index (χ3v) is 4.66. The first kappa shape index (κ1) is 17.0. The highest BCUT2D eigenvalue weighted by atomic mass is 16.3. The van der Waals surface area contributed by atoms with Gasteiger partial charge in [-0.2, -0.15) is 5.10 Å². The first-order chi connectivity index (χ1) is 10.4. The molecule has 1 aliphatic heterocycles. The molecule has 6 heteroatoms. The van der Waals surface area contributed by atoms with Gasteiger partial charge in [0, 0.05) is 31.7 Å². The van der Waals surface area contributed by atoms with Gasteiger partial charge >= 0.3 is 0 Å². The number of rotatable bonds is 5. The van der Waals surface area contributed by atoms with Crippen molar-refractivity contribution in [2.24, 2.45) is 0 Å². The molecule has 1 unspecified atom stereocenters. The second kappa shape index (κ2) is 6.79. The summed E-state index contributed by atoms with van der Waals surface area (Å²) in [6.07, 6.45) is 1.26. The predicted octanol–water partition coefficient (Wildman–Crippen LogP) is 1.01. The number of aromatic nitrogens is 2. The van der Waals surface area contributed by atoms with Crippen LogP contribution in [0.4, 0.5) is 0 Å². The van der Waals surface area contributed by atoms with Gasteiger partial charge < -0.3 is 15.1 Å². The van der Waals surface area contributed by atoms with Gasteiger partial charge in [-0.3, -0.25) is 9.48 Å². The fourth-order valence-electron chi connectivity index (χ4n) is 3.04. The van der Waals surface area contributed by atoms with Crippen LogP contribution in [0, 0.1) is 13.8 Å². The van der Waals surface area contributed by atoms with E-state index < -0.39 is 11.7 Å². The van der Waals surface area contributed by atoms with Crippen LogP contribution in [0.25, 0.3) is 0 Å². The molecule has 6 nitrogen and oxygen atoms in total. The molecule has 2 rings (SSSR count). The fourth-order valence-corrected chi connectivity index (χ4v) is 3.04. The lowest BCUT2D eigenvalue weighted by molar-refractivity contribution is -0.150. The standard InChI is InChI=1S/C16H27N3O3/c1-4-16(22)7-9-18(11-14(16)20)15(21)6-5-8-19-13(3)10-12(2)17-19/h10,14,20,22H,4-9,11H2,1-3H3/t14?,16-/m1/s1. The van der Waals surface area contributed by atoms with Crippen molar-refractivity contribution in [3.05, 3.63) is 17.5 Å². The van der Waals surface area contributed by atoms with Crippen LogP contribution in [-0.4, -0.2) is 55.6 Å². The largest absolute Gasteiger partial charge is 0.388 e. The number of nitrogens with zero attached hydrogens (tertiary/aromatic N) is 3. The molecule has 0 bridgehead atoms. The fraction of sp³-hybridized carbons (Fsp3) is 0.750. The summed E-state index contributed by atoms with van der Waals surface area (Å²) >= 11 is 0. The molecule has 1 aromatic rings. The highest BCUT2D eigenvalue weighted by molar-refractivity contribution is 5.76. The zero-order valence-electron chi connectivity index (χ0n) is 13.7. The van der Waals surface area contributed by atoms with E-state index in [0.717, 1.165) is 24.4 Å². The quantitative estimate of drug-likeness (QED) is 0.851. The maximum absolute atomic E-state index is 12.2. The number of amides is 1. The van der Waals surface area contributed by atoms with E-state index in [-0.39, 0.29) is 12.5 Å². The zero-order chi connectivity index (χ0) is 16.3. The Bertz CT molecular complexity index is 529. The molecule has 2 N–H and O–H groups in total. The number of aliphatic hydroxyl groups is 2. The molecule has 22 heavy (non-hydrogen) atoms. The Balaban J connectivity index is 1.80. The Kier molecular flexibility index (Phi) is 5.24. The lowest BCUT2D eigenvalue weighted by atomic mass is 9.86. The first-order valence-corrected chi connectivity index (χ1v) is 8.05. The number of piperidine rings is 1. The minimum atomic E-state index is -1.04. The molecule has 0 spiro atoms. The zero-order valence-corrected chi connectivity index (χ0v) is 13.7. The maximum Gasteiger partial charge on any atom is 0.222 e. The van der Waals surface area contributed by atoms with E-state index in [2.05, 4.69) is 5.10 Å². The summed E-state index contributed by atoms with van der Waals surface area (Å²) in [4.78, 5) is 13.9. The van der Waals surface area contributed by atoms with Crippen LogP contribution in [0.15, 0.2) is 6.07 Å². The van der Waals surface area contributed by atoms with E-state index in [1.165, 1.54) is 0 Å². The van der Waals surface area contributed by atoms with Gasteiger partial charge in [0.2, 0.25) is 5.91 Å². The minimum Gasteiger partial charge on any atom is -0.388 e. The van der Waals surface area contributed by atoms with Gasteiger partial charge in [0.1, 0.15) is 6.10 Å². The van der Waals surface area contributed by atoms with Crippen molar-refractivity contribution >= 4 is 5.91 Å². The van der Waals surface area contributed by atoms with Crippen LogP contribution < -0.4 is 0 Å². The van der Waals surface area contributed by atoms with Crippen LogP contribution in [0.2, 0.25) is 0 Å². The van der Waals surface area contributed by atoms with Gasteiger partial charge in [-0.05, 0) is 39.2 Å². The lowest BCUT2D eigenvalue weighted by Crippen LogP contribution is -2.56. The third kappa shape index (κ3) is 3.67. The van der Waals surface area contributed by atoms with Crippen molar-refractivity contribution in [3.63, 3.8) is 0 Å². The second-order valence-corrected chi connectivity index (χ2v) is 6.32. The summed E-state index contributed by atoms with van der Waals surface area (Å²) in [7, 11) is 0. The van der Waals surface area contributed by atoms with Crippen LogP contribution in [-0.2, 0) is 11.3 Å². The molecule has 124 valence electrons. The monoisotopic (exact) mass is 309 g/mol. The van der Waals surface area contributed by atoms with Gasteiger partial charge in [0.25, 0.3) is 0 Å². The molecule has 0 radical (unpaired) electrons. The summed E-state index contributed by atoms with van der Waals surface area (Å²) in [5.41, 5.74) is 1.05. The molecular formula is C16H27N3O3. The SMILES string of the molecule is CC[C@@]1(O)CCN(C(=O)CCCn2nc(C)cc2C)CC1O. The molecule has 1 fully saturated rings. The molecule has 1 aliphatic rings. The van der Waals surface area contributed by atoms with Crippen LogP contribution >= 0.6 is 0 Å². The van der Waals surface area contributed by atoms with Crippen molar-refractivity contribution < 1.29 is 15.0 Å². The Hall–Kier alpha value is -1.40. The number of carbonyl (C=O) groups excluding carboxylic acids is 1. The summed E-state index contributed by atoms with van der Waals surface area (Å²) in [5, 5.41) is 24.6. The van der Waals surface area contributed by atoms with Crippen molar-refractivity contribution in [2.75, 3.05) is 13.1 Å². The Labute approximate surface area is 131 Å². The first-order valence-electron chi connectivity index (χ1n) is 8.05. The third-order valence-electron chi connectivity index (χ3n) is 4.66. The highest BCUT2D eigenvalue weighted by Gasteiger charge is 2.40. The summed E-state index contributed by atoms with van der Waals surface area (Å²) in [6, 6.07) is 2.02. The number of carbonyl (C=O) groups is 1. The number of aryl methyl sites for hydroxylation is 3. The van der Waals surface area contributed by atoms with Gasteiger partial charge in [0.05, 0.1) is 11.3 Å². The summed E-state index contributed by atoms with van der Waals surface area (Å²) in [5.74, 6) is 0.0405. The Morgan fingerprint density at radius 3 is 2.77 bits per heavy atom. The second-order valence-electron chi connectivity index (χ2n) is 6.32.